The van der Waals surface area contributed by atoms with Crippen LogP contribution < -0.4 is 14.4 Å². The number of fused-ring (bicyclic) bond motifs is 1. The summed E-state index contributed by atoms with van der Waals surface area (Å²) < 4.78 is 15.3. The Bertz CT molecular complexity index is 1380. The zero-order valence-corrected chi connectivity index (χ0v) is 28.0. The standard InChI is InChI=1S/C26H32N8O3S2.2C2H6/c1-17-19(16-32-6-8-33(9-7-32)21(35)4-5-27)23-24(39-17)22(29-26(30-23)34-10-12-37-13-11-34)18-14-20(31-38-3)25(36-2)28-15-18;2*1-2/h14-15,31H,4,6-13,16H2,1-3H3;2*1-2H3. The number of pyridine rings is 1. The summed E-state index contributed by atoms with van der Waals surface area (Å²) in [5, 5.41) is 8.87. The second-order valence-corrected chi connectivity index (χ2v) is 11.2. The molecular weight excluding hydrogens is 585 g/mol. The molecule has 2 saturated heterocycles. The number of aromatic nitrogens is 3. The highest BCUT2D eigenvalue weighted by Crippen LogP contribution is 2.39. The number of nitrogens with one attached hydrogen (secondary N) is 1. The molecule has 5 rings (SSSR count). The number of nitrogens with zero attached hydrogens (tertiary/aromatic N) is 7. The minimum Gasteiger partial charge on any atom is -0.480 e. The van der Waals surface area contributed by atoms with Crippen molar-refractivity contribution in [3.63, 3.8) is 0 Å². The Morgan fingerprint density at radius 3 is 2.47 bits per heavy atom. The second-order valence-electron chi connectivity index (χ2n) is 9.37. The van der Waals surface area contributed by atoms with E-state index in [-0.39, 0.29) is 12.3 Å². The number of ether oxygens (including phenoxy) is 2. The van der Waals surface area contributed by atoms with E-state index in [1.165, 1.54) is 22.4 Å². The van der Waals surface area contributed by atoms with Crippen molar-refractivity contribution in [2.24, 2.45) is 0 Å². The fourth-order valence-electron chi connectivity index (χ4n) is 4.89. The van der Waals surface area contributed by atoms with Crippen molar-refractivity contribution < 1.29 is 14.3 Å². The van der Waals surface area contributed by atoms with E-state index in [4.69, 9.17) is 24.7 Å². The molecule has 0 aliphatic carbocycles. The van der Waals surface area contributed by atoms with Gasteiger partial charge in [-0.2, -0.15) is 5.26 Å². The molecule has 0 unspecified atom stereocenters. The van der Waals surface area contributed by atoms with E-state index in [1.807, 2.05) is 46.1 Å². The van der Waals surface area contributed by atoms with E-state index in [9.17, 15) is 4.79 Å². The first-order valence-corrected chi connectivity index (χ1v) is 16.9. The number of carbonyl (C=O) groups excluding carboxylic acids is 1. The molecule has 0 spiro atoms. The molecule has 43 heavy (non-hydrogen) atoms. The Balaban J connectivity index is 0.00000121. The van der Waals surface area contributed by atoms with Gasteiger partial charge in [0.15, 0.2) is 0 Å². The van der Waals surface area contributed by atoms with Crippen molar-refractivity contribution in [2.45, 2.75) is 47.6 Å². The van der Waals surface area contributed by atoms with Crippen LogP contribution in [-0.4, -0.2) is 96.5 Å². The molecule has 5 heterocycles. The molecule has 234 valence electrons. The number of anilines is 2. The molecule has 0 aromatic carbocycles. The van der Waals surface area contributed by atoms with Gasteiger partial charge in [-0.25, -0.2) is 15.0 Å². The van der Waals surface area contributed by atoms with Gasteiger partial charge >= 0.3 is 0 Å². The zero-order chi connectivity index (χ0) is 31.4. The van der Waals surface area contributed by atoms with Gasteiger partial charge < -0.3 is 24.0 Å². The minimum atomic E-state index is -0.0923. The summed E-state index contributed by atoms with van der Waals surface area (Å²) in [6.45, 7) is 16.4. The number of rotatable bonds is 8. The molecule has 3 aromatic rings. The van der Waals surface area contributed by atoms with Gasteiger partial charge in [0.05, 0.1) is 42.3 Å². The Hall–Kier alpha value is -3.18. The summed E-state index contributed by atoms with van der Waals surface area (Å²) in [6, 6.07) is 3.99. The molecular formula is C30H44N8O3S2. The van der Waals surface area contributed by atoms with E-state index in [0.29, 0.717) is 38.1 Å². The van der Waals surface area contributed by atoms with Crippen molar-refractivity contribution in [3.05, 3.63) is 22.7 Å². The highest BCUT2D eigenvalue weighted by molar-refractivity contribution is 7.99. The number of hydrogen-bond donors (Lipinski definition) is 1. The Morgan fingerprint density at radius 1 is 1.14 bits per heavy atom. The summed E-state index contributed by atoms with van der Waals surface area (Å²) in [5.74, 6) is 1.13. The number of methoxy groups -OCH3 is 1. The molecule has 11 nitrogen and oxygen atoms in total. The summed E-state index contributed by atoms with van der Waals surface area (Å²) in [4.78, 5) is 34.4. The van der Waals surface area contributed by atoms with Crippen molar-refractivity contribution >= 4 is 51.0 Å². The van der Waals surface area contributed by atoms with Crippen LogP contribution in [0.2, 0.25) is 0 Å². The third-order valence-electron chi connectivity index (χ3n) is 6.98. The van der Waals surface area contributed by atoms with Crippen molar-refractivity contribution in [1.29, 1.82) is 5.26 Å². The largest absolute Gasteiger partial charge is 0.480 e. The van der Waals surface area contributed by atoms with Gasteiger partial charge in [0, 0.05) is 74.3 Å². The normalized spacial score (nSPS) is 15.1. The molecule has 0 radical (unpaired) electrons. The van der Waals surface area contributed by atoms with Crippen LogP contribution in [0.5, 0.6) is 5.88 Å². The van der Waals surface area contributed by atoms with Gasteiger partial charge in [-0.15, -0.1) is 11.3 Å². The van der Waals surface area contributed by atoms with Crippen LogP contribution in [0.15, 0.2) is 12.3 Å². The summed E-state index contributed by atoms with van der Waals surface area (Å²) in [5.41, 5.74) is 4.69. The fourth-order valence-corrected chi connectivity index (χ4v) is 6.38. The van der Waals surface area contributed by atoms with E-state index >= 15 is 0 Å². The number of carbonyl (C=O) groups is 1. The van der Waals surface area contributed by atoms with E-state index in [1.54, 1.807) is 29.5 Å². The SMILES string of the molecule is CC.CC.COc1ncc(-c2nc(N3CCOCC3)nc3c(CN4CCN(C(=O)CC#N)CC4)c(C)sc23)cc1NSC. The lowest BCUT2D eigenvalue weighted by Gasteiger charge is -2.34. The van der Waals surface area contributed by atoms with Gasteiger partial charge in [-0.1, -0.05) is 39.6 Å². The van der Waals surface area contributed by atoms with Crippen molar-refractivity contribution in [1.82, 2.24) is 24.8 Å². The van der Waals surface area contributed by atoms with E-state index in [0.717, 1.165) is 59.9 Å². The molecule has 2 fully saturated rings. The number of morpholine rings is 1. The molecule has 13 heteroatoms. The molecule has 0 atom stereocenters. The topological polar surface area (TPSA) is 120 Å². The summed E-state index contributed by atoms with van der Waals surface area (Å²) >= 11 is 3.19. The lowest BCUT2D eigenvalue weighted by atomic mass is 10.1. The molecule has 3 aromatic heterocycles. The van der Waals surface area contributed by atoms with Crippen LogP contribution in [0, 0.1) is 18.3 Å². The van der Waals surface area contributed by atoms with Gasteiger partial charge in [0.25, 0.3) is 0 Å². The molecule has 2 aliphatic rings. The smallest absolute Gasteiger partial charge is 0.237 e. The van der Waals surface area contributed by atoms with Crippen LogP contribution in [0.3, 0.4) is 0 Å². The molecule has 2 aliphatic heterocycles. The van der Waals surface area contributed by atoms with Crippen LogP contribution >= 0.6 is 23.3 Å². The Labute approximate surface area is 263 Å². The lowest BCUT2D eigenvalue weighted by molar-refractivity contribution is -0.131. The van der Waals surface area contributed by atoms with Gasteiger partial charge in [0.2, 0.25) is 17.7 Å². The Morgan fingerprint density at radius 2 is 1.84 bits per heavy atom. The predicted molar refractivity (Wildman–Crippen MR) is 177 cm³/mol. The zero-order valence-electron chi connectivity index (χ0n) is 26.4. The van der Waals surface area contributed by atoms with Gasteiger partial charge in [-0.3, -0.25) is 9.69 Å². The molecule has 0 saturated carbocycles. The van der Waals surface area contributed by atoms with Crippen LogP contribution in [0.1, 0.15) is 44.6 Å². The average molecular weight is 629 g/mol. The first kappa shape index (κ1) is 34.3. The van der Waals surface area contributed by atoms with Crippen molar-refractivity contribution in [3.8, 4) is 23.2 Å². The molecule has 0 bridgehead atoms. The quantitative estimate of drug-likeness (QED) is 0.331. The number of piperazine rings is 1. The highest BCUT2D eigenvalue weighted by atomic mass is 32.2. The first-order chi connectivity index (χ1) is 21.0. The first-order valence-electron chi connectivity index (χ1n) is 14.9. The summed E-state index contributed by atoms with van der Waals surface area (Å²) in [7, 11) is 1.61. The predicted octanol–water partition coefficient (Wildman–Crippen LogP) is 5.21. The van der Waals surface area contributed by atoms with Crippen LogP contribution in [0.4, 0.5) is 11.6 Å². The maximum Gasteiger partial charge on any atom is 0.237 e. The van der Waals surface area contributed by atoms with Crippen LogP contribution in [0.25, 0.3) is 21.5 Å². The second kappa shape index (κ2) is 17.2. The maximum absolute atomic E-state index is 12.2. The molecule has 1 amide bonds. The van der Waals surface area contributed by atoms with Gasteiger partial charge in [-0.05, 0) is 13.0 Å². The Kier molecular flexibility index (Phi) is 13.7. The number of hydrogen-bond acceptors (Lipinski definition) is 12. The number of amides is 1. The monoisotopic (exact) mass is 628 g/mol. The molecule has 1 N–H and O–H groups in total. The van der Waals surface area contributed by atoms with E-state index in [2.05, 4.69) is 26.4 Å². The highest BCUT2D eigenvalue weighted by Gasteiger charge is 2.26. The van der Waals surface area contributed by atoms with Crippen molar-refractivity contribution in [2.75, 3.05) is 75.5 Å². The van der Waals surface area contributed by atoms with Gasteiger partial charge in [0.1, 0.15) is 12.1 Å². The lowest BCUT2D eigenvalue weighted by Crippen LogP contribution is -2.48. The number of nitriles is 1. The third-order valence-corrected chi connectivity index (χ3v) is 8.55. The minimum absolute atomic E-state index is 0.0628. The number of thiophene rings is 1. The summed E-state index contributed by atoms with van der Waals surface area (Å²) in [6.07, 6.45) is 3.70. The average Bonchev–Trinajstić information content (AvgIpc) is 3.37. The van der Waals surface area contributed by atoms with Crippen LogP contribution in [-0.2, 0) is 16.1 Å². The fraction of sp³-hybridized carbons (Fsp3) is 0.567. The number of aryl methyl sites for hydroxylation is 1. The third kappa shape index (κ3) is 8.26. The maximum atomic E-state index is 12.2. The van der Waals surface area contributed by atoms with E-state index < -0.39 is 0 Å².